The highest BCUT2D eigenvalue weighted by molar-refractivity contribution is 5.68. The summed E-state index contributed by atoms with van der Waals surface area (Å²) in [5, 5.41) is 21.3. The molecule has 2 unspecified atom stereocenters. The Balaban J connectivity index is 1.77. The van der Waals surface area contributed by atoms with Gasteiger partial charge in [-0.15, -0.1) is 0 Å². The van der Waals surface area contributed by atoms with Gasteiger partial charge < -0.3 is 25.2 Å². The number of carboxylic acid groups (broad SMARTS) is 1. The molecule has 1 aromatic carbocycles. The Kier molecular flexibility index (Phi) is 4.99. The van der Waals surface area contributed by atoms with E-state index in [1.54, 1.807) is 0 Å². The van der Waals surface area contributed by atoms with E-state index in [0.717, 1.165) is 10.5 Å². The van der Waals surface area contributed by atoms with Gasteiger partial charge in [0.25, 0.3) is 0 Å². The molecule has 1 aliphatic rings. The monoisotopic (exact) mass is 294 g/mol. The van der Waals surface area contributed by atoms with E-state index in [1.165, 1.54) is 0 Å². The minimum Gasteiger partial charge on any atom is -0.465 e. The van der Waals surface area contributed by atoms with Gasteiger partial charge in [0.2, 0.25) is 0 Å². The molecule has 0 radical (unpaired) electrons. The second-order valence-electron chi connectivity index (χ2n) is 4.90. The molecule has 2 atom stereocenters. The summed E-state index contributed by atoms with van der Waals surface area (Å²) in [6, 6.07) is 8.75. The lowest BCUT2D eigenvalue weighted by Gasteiger charge is -2.34. The largest absolute Gasteiger partial charge is 0.465 e. The normalized spacial score (nSPS) is 21.7. The van der Waals surface area contributed by atoms with Crippen LogP contribution in [0, 0.1) is 0 Å². The zero-order chi connectivity index (χ0) is 15.2. The van der Waals surface area contributed by atoms with Crippen LogP contribution in [0.25, 0.3) is 0 Å². The molecule has 7 heteroatoms. The lowest BCUT2D eigenvalue weighted by molar-refractivity contribution is 0.0383. The van der Waals surface area contributed by atoms with Crippen molar-refractivity contribution in [2.24, 2.45) is 0 Å². The maximum Gasteiger partial charge on any atom is 0.407 e. The minimum absolute atomic E-state index is 0.0149. The standard InChI is InChI=1S/C14H18N2O5/c17-12-8-16(14(19)20)7-6-11(12)15-13(18)21-9-10-4-2-1-3-5-10/h1-5,11-12,17H,6-9H2,(H,15,18)(H,19,20). The summed E-state index contributed by atoms with van der Waals surface area (Å²) in [6.45, 7) is 0.408. The molecule has 0 aromatic heterocycles. The lowest BCUT2D eigenvalue weighted by atomic mass is 10.0. The number of amides is 2. The SMILES string of the molecule is O=C(NC1CCN(C(=O)O)CC1O)OCc1ccccc1. The van der Waals surface area contributed by atoms with Crippen molar-refractivity contribution in [3.63, 3.8) is 0 Å². The van der Waals surface area contributed by atoms with Gasteiger partial charge in [-0.2, -0.15) is 0 Å². The molecule has 1 fully saturated rings. The number of aliphatic hydroxyl groups is 1. The summed E-state index contributed by atoms with van der Waals surface area (Å²) in [5.74, 6) is 0. The Morgan fingerprint density at radius 1 is 1.33 bits per heavy atom. The first-order valence-corrected chi connectivity index (χ1v) is 6.69. The van der Waals surface area contributed by atoms with Crippen molar-refractivity contribution >= 4 is 12.2 Å². The predicted molar refractivity (Wildman–Crippen MR) is 73.8 cm³/mol. The second-order valence-corrected chi connectivity index (χ2v) is 4.90. The van der Waals surface area contributed by atoms with Crippen LogP contribution in [0.1, 0.15) is 12.0 Å². The number of carbonyl (C=O) groups excluding carboxylic acids is 1. The molecule has 0 spiro atoms. The molecule has 2 amide bonds. The molecule has 7 nitrogen and oxygen atoms in total. The van der Waals surface area contributed by atoms with Crippen molar-refractivity contribution < 1.29 is 24.5 Å². The number of benzene rings is 1. The summed E-state index contributed by atoms with van der Waals surface area (Å²) in [7, 11) is 0. The van der Waals surface area contributed by atoms with Gasteiger partial charge in [0, 0.05) is 6.54 Å². The van der Waals surface area contributed by atoms with E-state index in [1.807, 2.05) is 30.3 Å². The molecule has 1 aliphatic heterocycles. The summed E-state index contributed by atoms with van der Waals surface area (Å²) >= 11 is 0. The van der Waals surface area contributed by atoms with Gasteiger partial charge in [-0.1, -0.05) is 30.3 Å². The van der Waals surface area contributed by atoms with Gasteiger partial charge >= 0.3 is 12.2 Å². The number of nitrogens with zero attached hydrogens (tertiary/aromatic N) is 1. The average molecular weight is 294 g/mol. The number of rotatable bonds is 3. The quantitative estimate of drug-likeness (QED) is 0.773. The lowest BCUT2D eigenvalue weighted by Crippen LogP contribution is -2.55. The number of piperidine rings is 1. The number of nitrogens with one attached hydrogen (secondary N) is 1. The van der Waals surface area contributed by atoms with Crippen LogP contribution in [0.2, 0.25) is 0 Å². The maximum absolute atomic E-state index is 11.7. The highest BCUT2D eigenvalue weighted by atomic mass is 16.5. The average Bonchev–Trinajstić information content (AvgIpc) is 2.48. The van der Waals surface area contributed by atoms with E-state index in [4.69, 9.17) is 9.84 Å². The Bertz CT molecular complexity index is 493. The fourth-order valence-electron chi connectivity index (χ4n) is 2.19. The molecular weight excluding hydrogens is 276 g/mol. The first kappa shape index (κ1) is 15.1. The minimum atomic E-state index is -1.07. The second kappa shape index (κ2) is 6.94. The van der Waals surface area contributed by atoms with Gasteiger partial charge in [0.15, 0.2) is 0 Å². The first-order chi connectivity index (χ1) is 10.1. The molecule has 0 aliphatic carbocycles. The van der Waals surface area contributed by atoms with Crippen molar-refractivity contribution in [3.8, 4) is 0 Å². The van der Waals surface area contributed by atoms with Gasteiger partial charge in [0.05, 0.1) is 18.7 Å². The van der Waals surface area contributed by atoms with Crippen molar-refractivity contribution in [2.75, 3.05) is 13.1 Å². The molecule has 1 saturated heterocycles. The predicted octanol–water partition coefficient (Wildman–Crippen LogP) is 1.03. The fourth-order valence-corrected chi connectivity index (χ4v) is 2.19. The molecule has 114 valence electrons. The van der Waals surface area contributed by atoms with Crippen LogP contribution in [0.15, 0.2) is 30.3 Å². The maximum atomic E-state index is 11.7. The molecule has 0 saturated carbocycles. The van der Waals surface area contributed by atoms with Gasteiger partial charge in [0.1, 0.15) is 6.61 Å². The van der Waals surface area contributed by atoms with E-state index in [2.05, 4.69) is 5.32 Å². The van der Waals surface area contributed by atoms with Crippen LogP contribution < -0.4 is 5.32 Å². The highest BCUT2D eigenvalue weighted by Crippen LogP contribution is 2.11. The van der Waals surface area contributed by atoms with E-state index in [-0.39, 0.29) is 19.7 Å². The zero-order valence-electron chi connectivity index (χ0n) is 11.4. The number of alkyl carbamates (subject to hydrolysis) is 1. The molecule has 21 heavy (non-hydrogen) atoms. The summed E-state index contributed by atoms with van der Waals surface area (Å²) in [4.78, 5) is 23.6. The van der Waals surface area contributed by atoms with Gasteiger partial charge in [-0.25, -0.2) is 9.59 Å². The molecule has 1 aromatic rings. The van der Waals surface area contributed by atoms with E-state index < -0.39 is 24.3 Å². The Labute approximate surface area is 122 Å². The Morgan fingerprint density at radius 3 is 2.67 bits per heavy atom. The summed E-state index contributed by atoms with van der Waals surface area (Å²) in [5.41, 5.74) is 0.869. The number of β-amino-alcohol motifs (C(OH)–C–C–N with tert-alkyl or cyclic N) is 1. The first-order valence-electron chi connectivity index (χ1n) is 6.69. The third-order valence-corrected chi connectivity index (χ3v) is 3.37. The number of aliphatic hydroxyl groups excluding tert-OH is 1. The molecular formula is C14H18N2O5. The number of hydrogen-bond donors (Lipinski definition) is 3. The third-order valence-electron chi connectivity index (χ3n) is 3.37. The molecule has 2 rings (SSSR count). The number of hydrogen-bond acceptors (Lipinski definition) is 4. The number of likely N-dealkylation sites (tertiary alicyclic amines) is 1. The third kappa shape index (κ3) is 4.35. The number of ether oxygens (including phenoxy) is 1. The van der Waals surface area contributed by atoms with Crippen LogP contribution >= 0.6 is 0 Å². The smallest absolute Gasteiger partial charge is 0.407 e. The highest BCUT2D eigenvalue weighted by Gasteiger charge is 2.31. The van der Waals surface area contributed by atoms with Crippen LogP contribution in [-0.4, -0.2) is 52.5 Å². The van der Waals surface area contributed by atoms with Crippen molar-refractivity contribution in [3.05, 3.63) is 35.9 Å². The zero-order valence-corrected chi connectivity index (χ0v) is 11.4. The van der Waals surface area contributed by atoms with Crippen LogP contribution in [-0.2, 0) is 11.3 Å². The van der Waals surface area contributed by atoms with Crippen LogP contribution in [0.5, 0.6) is 0 Å². The number of carbonyl (C=O) groups is 2. The van der Waals surface area contributed by atoms with Crippen LogP contribution in [0.3, 0.4) is 0 Å². The van der Waals surface area contributed by atoms with Gasteiger partial charge in [-0.05, 0) is 12.0 Å². The summed E-state index contributed by atoms with van der Waals surface area (Å²) in [6.07, 6.45) is -2.27. The molecule has 1 heterocycles. The summed E-state index contributed by atoms with van der Waals surface area (Å²) < 4.78 is 5.06. The van der Waals surface area contributed by atoms with E-state index >= 15 is 0 Å². The molecule has 3 N–H and O–H groups in total. The van der Waals surface area contributed by atoms with Gasteiger partial charge in [-0.3, -0.25) is 0 Å². The van der Waals surface area contributed by atoms with Crippen molar-refractivity contribution in [1.82, 2.24) is 10.2 Å². The van der Waals surface area contributed by atoms with Crippen molar-refractivity contribution in [1.29, 1.82) is 0 Å². The molecule has 0 bridgehead atoms. The van der Waals surface area contributed by atoms with E-state index in [0.29, 0.717) is 6.42 Å². The Morgan fingerprint density at radius 2 is 2.05 bits per heavy atom. The topological polar surface area (TPSA) is 99.1 Å². The van der Waals surface area contributed by atoms with Crippen molar-refractivity contribution in [2.45, 2.75) is 25.2 Å². The van der Waals surface area contributed by atoms with E-state index in [9.17, 15) is 14.7 Å². The Hall–Kier alpha value is -2.28. The van der Waals surface area contributed by atoms with Crippen LogP contribution in [0.4, 0.5) is 9.59 Å². The fraction of sp³-hybridized carbons (Fsp3) is 0.429.